The van der Waals surface area contributed by atoms with Crippen molar-refractivity contribution < 1.29 is 13.9 Å². The van der Waals surface area contributed by atoms with Gasteiger partial charge >= 0.3 is 0 Å². The van der Waals surface area contributed by atoms with E-state index in [1.54, 1.807) is 18.2 Å². The first-order chi connectivity index (χ1) is 8.24. The molecule has 1 aromatic rings. The van der Waals surface area contributed by atoms with Gasteiger partial charge in [-0.1, -0.05) is 6.07 Å². The SMILES string of the molecule is NCC(F)(c1ccc2c(c1)OCCO2)C1CC1. The topological polar surface area (TPSA) is 44.5 Å². The summed E-state index contributed by atoms with van der Waals surface area (Å²) in [5.41, 5.74) is 4.82. The molecule has 1 aliphatic carbocycles. The quantitative estimate of drug-likeness (QED) is 0.874. The van der Waals surface area contributed by atoms with Gasteiger partial charge in [0.15, 0.2) is 17.2 Å². The lowest BCUT2D eigenvalue weighted by Gasteiger charge is -2.26. The van der Waals surface area contributed by atoms with Gasteiger partial charge in [0.1, 0.15) is 13.2 Å². The minimum atomic E-state index is -1.41. The Labute approximate surface area is 99.7 Å². The predicted molar refractivity (Wildman–Crippen MR) is 62.0 cm³/mol. The van der Waals surface area contributed by atoms with E-state index in [-0.39, 0.29) is 12.5 Å². The molecule has 0 saturated heterocycles. The molecule has 3 rings (SSSR count). The standard InChI is InChI=1S/C13H16FNO2/c14-13(8-15,9-1-2-9)10-3-4-11-12(7-10)17-6-5-16-11/h3-4,7,9H,1-2,5-6,8,15H2. The molecule has 0 radical (unpaired) electrons. The van der Waals surface area contributed by atoms with Gasteiger partial charge in [-0.25, -0.2) is 4.39 Å². The molecule has 17 heavy (non-hydrogen) atoms. The zero-order chi connectivity index (χ0) is 11.9. The number of rotatable bonds is 3. The van der Waals surface area contributed by atoms with Crippen LogP contribution in [0.2, 0.25) is 0 Å². The van der Waals surface area contributed by atoms with Crippen LogP contribution < -0.4 is 15.2 Å². The summed E-state index contributed by atoms with van der Waals surface area (Å²) in [6.45, 7) is 1.09. The number of fused-ring (bicyclic) bond motifs is 1. The fourth-order valence-corrected chi connectivity index (χ4v) is 2.36. The van der Waals surface area contributed by atoms with Crippen LogP contribution in [0.25, 0.3) is 0 Å². The first-order valence-corrected chi connectivity index (χ1v) is 6.03. The molecule has 1 aliphatic heterocycles. The molecule has 1 heterocycles. The maximum absolute atomic E-state index is 14.8. The van der Waals surface area contributed by atoms with Gasteiger partial charge in [0, 0.05) is 6.54 Å². The third-order valence-electron chi connectivity index (χ3n) is 3.54. The van der Waals surface area contributed by atoms with E-state index in [2.05, 4.69) is 0 Å². The number of benzene rings is 1. The summed E-state index contributed by atoms with van der Waals surface area (Å²) in [4.78, 5) is 0. The normalized spacial score (nSPS) is 22.0. The molecule has 1 aromatic carbocycles. The summed E-state index contributed by atoms with van der Waals surface area (Å²) < 4.78 is 25.7. The van der Waals surface area contributed by atoms with Gasteiger partial charge < -0.3 is 15.2 Å². The van der Waals surface area contributed by atoms with Crippen molar-refractivity contribution in [3.63, 3.8) is 0 Å². The summed E-state index contributed by atoms with van der Waals surface area (Å²) in [6, 6.07) is 5.27. The molecule has 1 atom stereocenters. The van der Waals surface area contributed by atoms with Gasteiger partial charge in [0.25, 0.3) is 0 Å². The smallest absolute Gasteiger partial charge is 0.161 e. The van der Waals surface area contributed by atoms with Crippen molar-refractivity contribution in [2.75, 3.05) is 19.8 Å². The Balaban J connectivity index is 1.97. The van der Waals surface area contributed by atoms with E-state index in [1.165, 1.54) is 0 Å². The second-order valence-corrected chi connectivity index (χ2v) is 4.70. The van der Waals surface area contributed by atoms with Crippen molar-refractivity contribution in [3.05, 3.63) is 23.8 Å². The van der Waals surface area contributed by atoms with Gasteiger partial charge in [-0.2, -0.15) is 0 Å². The van der Waals surface area contributed by atoms with E-state index in [9.17, 15) is 4.39 Å². The van der Waals surface area contributed by atoms with Crippen LogP contribution in [0.15, 0.2) is 18.2 Å². The highest BCUT2D eigenvalue weighted by atomic mass is 19.1. The molecular weight excluding hydrogens is 221 g/mol. The van der Waals surface area contributed by atoms with E-state index in [0.29, 0.717) is 30.3 Å². The fourth-order valence-electron chi connectivity index (χ4n) is 2.36. The van der Waals surface area contributed by atoms with Crippen LogP contribution in [0.3, 0.4) is 0 Å². The number of hydrogen-bond donors (Lipinski definition) is 1. The van der Waals surface area contributed by atoms with E-state index in [0.717, 1.165) is 12.8 Å². The predicted octanol–water partition coefficient (Wildman–Crippen LogP) is 1.99. The van der Waals surface area contributed by atoms with Crippen LogP contribution in [-0.4, -0.2) is 19.8 Å². The summed E-state index contributed by atoms with van der Waals surface area (Å²) in [5, 5.41) is 0. The van der Waals surface area contributed by atoms with E-state index >= 15 is 0 Å². The Morgan fingerprint density at radius 3 is 2.59 bits per heavy atom. The Kier molecular flexibility index (Phi) is 2.47. The zero-order valence-electron chi connectivity index (χ0n) is 9.62. The highest BCUT2D eigenvalue weighted by Crippen LogP contribution is 2.49. The van der Waals surface area contributed by atoms with Crippen molar-refractivity contribution in [2.45, 2.75) is 18.5 Å². The van der Waals surface area contributed by atoms with Crippen LogP contribution in [0.1, 0.15) is 18.4 Å². The summed E-state index contributed by atoms with van der Waals surface area (Å²) in [6.07, 6.45) is 1.84. The Morgan fingerprint density at radius 1 is 1.24 bits per heavy atom. The number of halogens is 1. The van der Waals surface area contributed by atoms with E-state index in [4.69, 9.17) is 15.2 Å². The van der Waals surface area contributed by atoms with Gasteiger partial charge in [0.05, 0.1) is 0 Å². The largest absolute Gasteiger partial charge is 0.486 e. The molecule has 0 spiro atoms. The Bertz CT molecular complexity index is 433. The lowest BCUT2D eigenvalue weighted by atomic mass is 9.90. The third kappa shape index (κ3) is 1.76. The zero-order valence-corrected chi connectivity index (χ0v) is 9.62. The molecule has 0 aromatic heterocycles. The molecule has 92 valence electrons. The highest BCUT2D eigenvalue weighted by Gasteiger charge is 2.46. The average molecular weight is 237 g/mol. The number of alkyl halides is 1. The maximum Gasteiger partial charge on any atom is 0.161 e. The van der Waals surface area contributed by atoms with Crippen molar-refractivity contribution >= 4 is 0 Å². The molecule has 2 aliphatic rings. The number of nitrogens with two attached hydrogens (primary N) is 1. The first kappa shape index (κ1) is 10.8. The fraction of sp³-hybridized carbons (Fsp3) is 0.538. The maximum atomic E-state index is 14.8. The molecular formula is C13H16FNO2. The van der Waals surface area contributed by atoms with Crippen molar-refractivity contribution in [1.82, 2.24) is 0 Å². The molecule has 1 unspecified atom stereocenters. The Hall–Kier alpha value is -1.29. The van der Waals surface area contributed by atoms with Crippen LogP contribution >= 0.6 is 0 Å². The van der Waals surface area contributed by atoms with Gasteiger partial charge in [-0.05, 0) is 36.5 Å². The van der Waals surface area contributed by atoms with E-state index < -0.39 is 5.67 Å². The van der Waals surface area contributed by atoms with Crippen LogP contribution in [0, 0.1) is 5.92 Å². The lowest BCUT2D eigenvalue weighted by Crippen LogP contribution is -2.32. The Morgan fingerprint density at radius 2 is 1.94 bits per heavy atom. The van der Waals surface area contributed by atoms with Gasteiger partial charge in [-0.15, -0.1) is 0 Å². The number of ether oxygens (including phenoxy) is 2. The van der Waals surface area contributed by atoms with Gasteiger partial charge in [0.2, 0.25) is 0 Å². The minimum Gasteiger partial charge on any atom is -0.486 e. The molecule has 4 heteroatoms. The second kappa shape index (κ2) is 3.88. The molecule has 0 bridgehead atoms. The van der Waals surface area contributed by atoms with Crippen LogP contribution in [0.4, 0.5) is 4.39 Å². The van der Waals surface area contributed by atoms with Crippen LogP contribution in [0.5, 0.6) is 11.5 Å². The molecule has 3 nitrogen and oxygen atoms in total. The molecule has 0 amide bonds. The average Bonchev–Trinajstić information content (AvgIpc) is 3.22. The highest BCUT2D eigenvalue weighted by molar-refractivity contribution is 5.46. The summed E-state index contributed by atoms with van der Waals surface area (Å²) in [7, 11) is 0. The monoisotopic (exact) mass is 237 g/mol. The van der Waals surface area contributed by atoms with Crippen molar-refractivity contribution in [3.8, 4) is 11.5 Å². The third-order valence-corrected chi connectivity index (χ3v) is 3.54. The molecule has 2 N–H and O–H groups in total. The van der Waals surface area contributed by atoms with Gasteiger partial charge in [-0.3, -0.25) is 0 Å². The minimum absolute atomic E-state index is 0.0251. The molecule has 1 saturated carbocycles. The van der Waals surface area contributed by atoms with Crippen molar-refractivity contribution in [1.29, 1.82) is 0 Å². The lowest BCUT2D eigenvalue weighted by molar-refractivity contribution is 0.139. The first-order valence-electron chi connectivity index (χ1n) is 6.03. The van der Waals surface area contributed by atoms with Crippen molar-refractivity contribution in [2.24, 2.45) is 11.7 Å². The summed E-state index contributed by atoms with van der Waals surface area (Å²) in [5.74, 6) is 1.38. The summed E-state index contributed by atoms with van der Waals surface area (Å²) >= 11 is 0. The number of hydrogen-bond acceptors (Lipinski definition) is 3. The molecule has 1 fully saturated rings. The van der Waals surface area contributed by atoms with Crippen LogP contribution in [-0.2, 0) is 5.67 Å². The van der Waals surface area contributed by atoms with E-state index in [1.807, 2.05) is 0 Å². The second-order valence-electron chi connectivity index (χ2n) is 4.70.